The first-order valence-corrected chi connectivity index (χ1v) is 21.8. The van der Waals surface area contributed by atoms with Crippen LogP contribution >= 0.6 is 0 Å². The third-order valence-electron chi connectivity index (χ3n) is 16.9. The second-order valence-corrected chi connectivity index (χ2v) is 21.5. The van der Waals surface area contributed by atoms with Crippen LogP contribution in [0.3, 0.4) is 0 Å². The zero-order chi connectivity index (χ0) is 42.4. The highest BCUT2D eigenvalue weighted by Gasteiger charge is 2.70. The van der Waals surface area contributed by atoms with Crippen molar-refractivity contribution in [2.75, 3.05) is 20.6 Å². The number of likely N-dealkylation sites (N-methyl/N-ethyl adjacent to an activating group) is 1. The van der Waals surface area contributed by atoms with E-state index in [4.69, 9.17) is 9.84 Å². The Hall–Kier alpha value is -3.54. The highest BCUT2D eigenvalue weighted by molar-refractivity contribution is 6.00. The van der Waals surface area contributed by atoms with Gasteiger partial charge < -0.3 is 19.3 Å². The second-order valence-electron chi connectivity index (χ2n) is 21.5. The predicted octanol–water partition coefficient (Wildman–Crippen LogP) is 8.37. The van der Waals surface area contributed by atoms with Crippen molar-refractivity contribution in [1.29, 1.82) is 0 Å². The number of allylic oxidation sites excluding steroid dienone is 2. The van der Waals surface area contributed by atoms with Crippen LogP contribution in [0.15, 0.2) is 23.5 Å². The minimum atomic E-state index is -1.18. The standard InChI is InChI=1S/C46H67FN6O5/c1-27(2)36-30(54)22-46(23-34-50-51-39(53(34)21-20-52(10)11)38-48-25-28(47)26-49-38)19-18-44(8)29(37(36)46)12-13-32-43(7)16-15-33(58-35(55)24-41(3,4)40(56)57)42(5,6)31(43)14-17-45(32,44)9/h25-27,29,31-33H,12-24H2,1-11H3,(H,56,57)/t29-,31+,32-,33+,43+,44-,45-,46+/m1/s1. The molecule has 2 aromatic rings. The van der Waals surface area contributed by atoms with Gasteiger partial charge in [0.25, 0.3) is 0 Å². The van der Waals surface area contributed by atoms with E-state index in [2.05, 4.69) is 73.0 Å². The number of rotatable bonds is 11. The van der Waals surface area contributed by atoms with E-state index in [9.17, 15) is 23.9 Å². The molecule has 0 amide bonds. The van der Waals surface area contributed by atoms with Crippen molar-refractivity contribution in [3.63, 3.8) is 0 Å². The predicted molar refractivity (Wildman–Crippen MR) is 219 cm³/mol. The van der Waals surface area contributed by atoms with E-state index in [0.29, 0.717) is 42.9 Å². The molecule has 5 aliphatic carbocycles. The Morgan fingerprint density at radius 3 is 2.29 bits per heavy atom. The Bertz CT molecular complexity index is 1990. The van der Waals surface area contributed by atoms with Crippen LogP contribution in [0.4, 0.5) is 4.39 Å². The summed E-state index contributed by atoms with van der Waals surface area (Å²) in [4.78, 5) is 50.0. The molecule has 0 unspecified atom stereocenters. The van der Waals surface area contributed by atoms with Crippen LogP contribution in [0.5, 0.6) is 0 Å². The first-order valence-electron chi connectivity index (χ1n) is 21.8. The van der Waals surface area contributed by atoms with Crippen LogP contribution in [0, 0.1) is 62.0 Å². The quantitative estimate of drug-likeness (QED) is 0.221. The molecule has 8 atom stereocenters. The van der Waals surface area contributed by atoms with Crippen molar-refractivity contribution in [3.05, 3.63) is 35.2 Å². The number of carboxylic acid groups (broad SMARTS) is 1. The van der Waals surface area contributed by atoms with Crippen LogP contribution in [0.1, 0.15) is 132 Å². The van der Waals surface area contributed by atoms with Crippen molar-refractivity contribution in [2.45, 2.75) is 146 Å². The van der Waals surface area contributed by atoms with Crippen molar-refractivity contribution < 1.29 is 28.6 Å². The Morgan fingerprint density at radius 2 is 1.66 bits per heavy atom. The molecule has 0 aliphatic heterocycles. The van der Waals surface area contributed by atoms with Crippen molar-refractivity contribution in [3.8, 4) is 11.6 Å². The van der Waals surface area contributed by atoms with E-state index < -0.39 is 23.2 Å². The van der Waals surface area contributed by atoms with Crippen LogP contribution in [0.25, 0.3) is 11.6 Å². The molecule has 0 bridgehead atoms. The fraction of sp³-hybridized carbons (Fsp3) is 0.761. The number of hydrogen-bond donors (Lipinski definition) is 1. The summed E-state index contributed by atoms with van der Waals surface area (Å²) in [5.41, 5.74) is 0.696. The molecule has 12 heteroatoms. The van der Waals surface area contributed by atoms with Crippen LogP contribution < -0.4 is 0 Å². The van der Waals surface area contributed by atoms with Crippen LogP contribution in [-0.4, -0.2) is 79.2 Å². The van der Waals surface area contributed by atoms with E-state index in [-0.39, 0.29) is 57.2 Å². The normalized spacial score (nSPS) is 34.4. The summed E-state index contributed by atoms with van der Waals surface area (Å²) >= 11 is 0. The number of carbonyl (C=O) groups is 3. The minimum absolute atomic E-state index is 0.0188. The second kappa shape index (κ2) is 14.6. The fourth-order valence-electron chi connectivity index (χ4n) is 13.7. The Morgan fingerprint density at radius 1 is 0.966 bits per heavy atom. The van der Waals surface area contributed by atoms with E-state index in [1.54, 1.807) is 13.8 Å². The summed E-state index contributed by atoms with van der Waals surface area (Å²) < 4.78 is 22.2. The topological polar surface area (TPSA) is 140 Å². The van der Waals surface area contributed by atoms with Gasteiger partial charge in [-0.15, -0.1) is 10.2 Å². The first-order chi connectivity index (χ1) is 27.0. The lowest BCUT2D eigenvalue weighted by Crippen LogP contribution is -2.65. The number of Topliss-reactive ketones (excluding diaryl/α,β-unsaturated/α-hetero) is 1. The Kier molecular flexibility index (Phi) is 10.7. The van der Waals surface area contributed by atoms with Gasteiger partial charge in [0.1, 0.15) is 11.9 Å². The van der Waals surface area contributed by atoms with E-state index in [0.717, 1.165) is 81.7 Å². The molecule has 1 N–H and O–H groups in total. The molecule has 0 aromatic carbocycles. The molecule has 0 radical (unpaired) electrons. The lowest BCUT2D eigenvalue weighted by Gasteiger charge is -2.72. The van der Waals surface area contributed by atoms with Gasteiger partial charge >= 0.3 is 11.9 Å². The summed E-state index contributed by atoms with van der Waals surface area (Å²) in [5.74, 6) is 1.23. The number of carboxylic acids is 1. The number of aromatic nitrogens is 5. The third kappa shape index (κ3) is 6.66. The monoisotopic (exact) mass is 803 g/mol. The van der Waals surface area contributed by atoms with Gasteiger partial charge in [-0.25, -0.2) is 14.4 Å². The minimum Gasteiger partial charge on any atom is -0.481 e. The highest BCUT2D eigenvalue weighted by Crippen LogP contribution is 2.77. The van der Waals surface area contributed by atoms with Crippen molar-refractivity contribution in [1.82, 2.24) is 29.6 Å². The van der Waals surface area contributed by atoms with Crippen molar-refractivity contribution >= 4 is 17.7 Å². The van der Waals surface area contributed by atoms with Gasteiger partial charge in [0, 0.05) is 36.8 Å². The summed E-state index contributed by atoms with van der Waals surface area (Å²) in [6.45, 7) is 21.1. The number of nitrogens with zero attached hydrogens (tertiary/aromatic N) is 6. The maximum Gasteiger partial charge on any atom is 0.309 e. The average Bonchev–Trinajstić information content (AvgIpc) is 3.66. The molecule has 58 heavy (non-hydrogen) atoms. The molecule has 318 valence electrons. The van der Waals surface area contributed by atoms with Gasteiger partial charge in [0.05, 0.1) is 24.2 Å². The zero-order valence-electron chi connectivity index (χ0n) is 36.9. The summed E-state index contributed by atoms with van der Waals surface area (Å²) in [6.07, 6.45) is 10.9. The fourth-order valence-corrected chi connectivity index (χ4v) is 13.7. The molecule has 4 fully saturated rings. The van der Waals surface area contributed by atoms with E-state index in [1.807, 2.05) is 14.1 Å². The van der Waals surface area contributed by atoms with E-state index in [1.165, 1.54) is 5.57 Å². The molecule has 2 heterocycles. The maximum atomic E-state index is 14.4. The molecule has 5 aliphatic rings. The first kappa shape index (κ1) is 42.6. The molecule has 4 saturated carbocycles. The zero-order valence-corrected chi connectivity index (χ0v) is 36.9. The third-order valence-corrected chi connectivity index (χ3v) is 16.9. The molecule has 7 rings (SSSR count). The highest BCUT2D eigenvalue weighted by atomic mass is 19.1. The molecular formula is C46H67FN6O5. The summed E-state index contributed by atoms with van der Waals surface area (Å²) in [6, 6.07) is 0. The van der Waals surface area contributed by atoms with Crippen LogP contribution in [0.2, 0.25) is 0 Å². The Balaban J connectivity index is 1.21. The molecule has 11 nitrogen and oxygen atoms in total. The van der Waals surface area contributed by atoms with Gasteiger partial charge in [-0.3, -0.25) is 14.4 Å². The number of ketones is 1. The Labute approximate surface area is 344 Å². The maximum absolute atomic E-state index is 14.4. The number of esters is 1. The lowest BCUT2D eigenvalue weighted by molar-refractivity contribution is -0.233. The molecular weight excluding hydrogens is 736 g/mol. The van der Waals surface area contributed by atoms with Gasteiger partial charge in [-0.05, 0) is 125 Å². The smallest absolute Gasteiger partial charge is 0.309 e. The number of hydrogen-bond acceptors (Lipinski definition) is 9. The lowest BCUT2D eigenvalue weighted by atomic mass is 9.33. The molecule has 2 aromatic heterocycles. The van der Waals surface area contributed by atoms with Crippen LogP contribution in [-0.2, 0) is 32.1 Å². The number of carbonyl (C=O) groups excluding carboxylic acids is 2. The summed E-state index contributed by atoms with van der Waals surface area (Å²) in [5, 5.41) is 19.0. The number of fused-ring (bicyclic) bond motifs is 7. The molecule has 0 spiro atoms. The van der Waals surface area contributed by atoms with Gasteiger partial charge in [-0.1, -0.05) is 54.0 Å². The number of halogens is 1. The summed E-state index contributed by atoms with van der Waals surface area (Å²) in [7, 11) is 4.06. The van der Waals surface area contributed by atoms with Crippen molar-refractivity contribution in [2.24, 2.45) is 56.2 Å². The largest absolute Gasteiger partial charge is 0.481 e. The number of ether oxygens (including phenoxy) is 1. The molecule has 0 saturated heterocycles. The van der Waals surface area contributed by atoms with Gasteiger partial charge in [0.2, 0.25) is 5.82 Å². The van der Waals surface area contributed by atoms with Gasteiger partial charge in [-0.2, -0.15) is 0 Å². The van der Waals surface area contributed by atoms with E-state index >= 15 is 0 Å². The number of aliphatic carboxylic acids is 1. The van der Waals surface area contributed by atoms with Gasteiger partial charge in [0.15, 0.2) is 17.4 Å². The average molecular weight is 803 g/mol. The SMILES string of the molecule is CC(C)C1=C2[C@H]3CC[C@@H]4[C@@]5(C)CC[C@H](OC(=O)CC(C)(C)C(=O)O)C(C)(C)[C@@H]5CC[C@@]4(C)[C@]3(C)CC[C@@]2(Cc2nnc(-c3ncc(F)cn3)n2CCN(C)C)CC1=O.